The minimum atomic E-state index is -4.01. The number of rotatable bonds is 7. The van der Waals surface area contributed by atoms with Crippen LogP contribution in [0.5, 0.6) is 5.88 Å². The molecule has 0 atom stereocenters. The average molecular weight is 493 g/mol. The Morgan fingerprint density at radius 1 is 1.21 bits per heavy atom. The second kappa shape index (κ2) is 8.76. The monoisotopic (exact) mass is 491 g/mol. The van der Waals surface area contributed by atoms with Crippen molar-refractivity contribution in [1.29, 1.82) is 0 Å². The van der Waals surface area contributed by atoms with Gasteiger partial charge in [-0.1, -0.05) is 53.0 Å². The number of carbonyl (C=O) groups excluding carboxylic acids is 1. The first-order chi connectivity index (χ1) is 13.7. The van der Waals surface area contributed by atoms with E-state index in [1.165, 1.54) is 18.3 Å². The number of benzene rings is 1. The number of carbonyl (C=O) groups is 1. The highest BCUT2D eigenvalue weighted by molar-refractivity contribution is 7.94. The van der Waals surface area contributed by atoms with Gasteiger partial charge in [0.1, 0.15) is 20.8 Å². The maximum Gasteiger partial charge on any atom is 0.271 e. The number of anilines is 1. The Morgan fingerprint density at radius 3 is 2.59 bits per heavy atom. The van der Waals surface area contributed by atoms with Crippen molar-refractivity contribution in [3.05, 3.63) is 68.1 Å². The molecule has 152 valence electrons. The Bertz CT molecular complexity index is 1160. The first-order valence-electron chi connectivity index (χ1n) is 7.81. The number of nitrogens with two attached hydrogens (primary N) is 1. The number of halogens is 3. The topological polar surface area (TPSA) is 111 Å². The van der Waals surface area contributed by atoms with Crippen LogP contribution in [-0.4, -0.2) is 19.3 Å². The number of ether oxygens (including phenoxy) is 1. The molecule has 0 saturated carbocycles. The second-order valence-corrected chi connectivity index (χ2v) is 10.0. The molecule has 1 amide bonds. The van der Waals surface area contributed by atoms with Crippen molar-refractivity contribution >= 4 is 67.8 Å². The van der Waals surface area contributed by atoms with E-state index in [0.29, 0.717) is 5.56 Å². The third kappa shape index (κ3) is 5.12. The van der Waals surface area contributed by atoms with Crippen molar-refractivity contribution in [2.75, 3.05) is 4.72 Å². The van der Waals surface area contributed by atoms with Crippen molar-refractivity contribution in [1.82, 2.24) is 4.98 Å². The molecular weight excluding hydrogens is 481 g/mol. The number of hydrogen-bond acceptors (Lipinski definition) is 6. The first-order valence-corrected chi connectivity index (χ1v) is 11.2. The number of aromatic nitrogens is 1. The fourth-order valence-corrected chi connectivity index (χ4v) is 5.39. The summed E-state index contributed by atoms with van der Waals surface area (Å²) in [7, 11) is -4.01. The molecular formula is C17H12Cl3N3O4S2. The predicted molar refractivity (Wildman–Crippen MR) is 114 cm³/mol. The molecule has 0 aliphatic rings. The van der Waals surface area contributed by atoms with Gasteiger partial charge in [0.05, 0.1) is 10.0 Å². The number of sulfonamides is 1. The molecule has 0 fully saturated rings. The molecule has 0 radical (unpaired) electrons. The van der Waals surface area contributed by atoms with E-state index in [1.54, 1.807) is 24.3 Å². The van der Waals surface area contributed by atoms with Gasteiger partial charge >= 0.3 is 0 Å². The molecule has 12 heteroatoms. The third-order valence-electron chi connectivity index (χ3n) is 3.60. The van der Waals surface area contributed by atoms with Crippen molar-refractivity contribution in [2.24, 2.45) is 5.73 Å². The van der Waals surface area contributed by atoms with E-state index >= 15 is 0 Å². The molecule has 3 rings (SSSR count). The summed E-state index contributed by atoms with van der Waals surface area (Å²) in [6.45, 7) is -0.0703. The van der Waals surface area contributed by atoms with Crippen molar-refractivity contribution in [3.8, 4) is 5.88 Å². The quantitative estimate of drug-likeness (QED) is 0.501. The lowest BCUT2D eigenvalue weighted by Crippen LogP contribution is -2.15. The second-order valence-electron chi connectivity index (χ2n) is 5.61. The number of nitrogens with zero attached hydrogens (tertiary/aromatic N) is 1. The van der Waals surface area contributed by atoms with Crippen molar-refractivity contribution in [2.45, 2.75) is 10.8 Å². The lowest BCUT2D eigenvalue weighted by Gasteiger charge is -2.13. The summed E-state index contributed by atoms with van der Waals surface area (Å²) >= 11 is 18.4. The molecule has 2 aromatic heterocycles. The third-order valence-corrected chi connectivity index (χ3v) is 7.51. The van der Waals surface area contributed by atoms with E-state index in [9.17, 15) is 13.2 Å². The van der Waals surface area contributed by atoms with Crippen LogP contribution in [0.4, 0.5) is 5.69 Å². The predicted octanol–water partition coefficient (Wildman–Crippen LogP) is 4.58. The van der Waals surface area contributed by atoms with Crippen LogP contribution in [0.3, 0.4) is 0 Å². The molecule has 0 bridgehead atoms. The zero-order chi connectivity index (χ0) is 21.2. The van der Waals surface area contributed by atoms with Gasteiger partial charge in [-0.05, 0) is 18.2 Å². The van der Waals surface area contributed by atoms with E-state index < -0.39 is 15.9 Å². The molecule has 0 aliphatic heterocycles. The van der Waals surface area contributed by atoms with E-state index in [-0.39, 0.29) is 42.3 Å². The smallest absolute Gasteiger partial charge is 0.271 e. The minimum Gasteiger partial charge on any atom is -0.471 e. The van der Waals surface area contributed by atoms with Crippen LogP contribution < -0.4 is 15.2 Å². The number of primary amides is 1. The normalized spacial score (nSPS) is 11.3. The van der Waals surface area contributed by atoms with Gasteiger partial charge in [0.15, 0.2) is 0 Å². The number of hydrogen-bond donors (Lipinski definition) is 2. The summed E-state index contributed by atoms with van der Waals surface area (Å²) in [5.74, 6) is -0.647. The average Bonchev–Trinajstić information content (AvgIpc) is 3.01. The Balaban J connectivity index is 1.88. The van der Waals surface area contributed by atoms with E-state index in [1.807, 2.05) is 0 Å². The van der Waals surface area contributed by atoms with Gasteiger partial charge in [0, 0.05) is 17.3 Å². The molecule has 0 saturated heterocycles. The Kier molecular flexibility index (Phi) is 6.55. The van der Waals surface area contributed by atoms with Gasteiger partial charge in [0.2, 0.25) is 11.8 Å². The van der Waals surface area contributed by atoms with Crippen LogP contribution in [0.2, 0.25) is 14.4 Å². The van der Waals surface area contributed by atoms with Gasteiger partial charge in [-0.2, -0.15) is 0 Å². The molecule has 0 unspecified atom stereocenters. The zero-order valence-corrected chi connectivity index (χ0v) is 18.3. The summed E-state index contributed by atoms with van der Waals surface area (Å²) in [6.07, 6.45) is 1.30. The molecule has 0 spiro atoms. The maximum atomic E-state index is 12.6. The van der Waals surface area contributed by atoms with E-state index in [0.717, 1.165) is 11.3 Å². The van der Waals surface area contributed by atoms with Crippen LogP contribution in [0.1, 0.15) is 15.9 Å². The van der Waals surface area contributed by atoms with Gasteiger partial charge in [-0.3, -0.25) is 9.52 Å². The van der Waals surface area contributed by atoms with Crippen LogP contribution in [-0.2, 0) is 16.6 Å². The van der Waals surface area contributed by atoms with Crippen LogP contribution in [0.15, 0.2) is 46.8 Å². The molecule has 29 heavy (non-hydrogen) atoms. The van der Waals surface area contributed by atoms with Crippen LogP contribution >= 0.6 is 46.1 Å². The number of amides is 1. The molecule has 1 aromatic carbocycles. The Labute approximate surface area is 185 Å². The molecule has 7 nitrogen and oxygen atoms in total. The lowest BCUT2D eigenvalue weighted by atomic mass is 10.1. The van der Waals surface area contributed by atoms with E-state index in [4.69, 9.17) is 45.3 Å². The summed E-state index contributed by atoms with van der Waals surface area (Å²) in [5, 5.41) is 0.315. The van der Waals surface area contributed by atoms with Crippen molar-refractivity contribution in [3.63, 3.8) is 0 Å². The molecule has 3 aromatic rings. The lowest BCUT2D eigenvalue weighted by molar-refractivity contribution is 0.0997. The Hall–Kier alpha value is -2.04. The zero-order valence-electron chi connectivity index (χ0n) is 14.4. The number of thiophene rings is 1. The van der Waals surface area contributed by atoms with Crippen molar-refractivity contribution < 1.29 is 17.9 Å². The van der Waals surface area contributed by atoms with Crippen LogP contribution in [0, 0.1) is 0 Å². The number of pyridine rings is 1. The summed E-state index contributed by atoms with van der Waals surface area (Å²) in [5.41, 5.74) is 6.16. The standard InChI is InChI=1S/C17H12Cl3N3O4S2/c18-10-5-13(23-29(25,26)14-6-12(19)15(20)28-14)17(22-7-10)27-8-9-3-1-2-4-11(9)16(21)24/h1-7,23H,8H2,(H2,21,24). The fraction of sp³-hybridized carbons (Fsp3) is 0.0588. The summed E-state index contributed by atoms with van der Waals surface area (Å²) in [4.78, 5) is 15.6. The van der Waals surface area contributed by atoms with Gasteiger partial charge in [0.25, 0.3) is 10.0 Å². The number of nitrogens with one attached hydrogen (secondary N) is 1. The largest absolute Gasteiger partial charge is 0.471 e. The SMILES string of the molecule is NC(=O)c1ccccc1COc1ncc(Cl)cc1NS(=O)(=O)c1cc(Cl)c(Cl)s1. The van der Waals surface area contributed by atoms with E-state index in [2.05, 4.69) is 9.71 Å². The minimum absolute atomic E-state index is 0.00898. The van der Waals surface area contributed by atoms with Gasteiger partial charge in [-0.15, -0.1) is 11.3 Å². The summed E-state index contributed by atoms with van der Waals surface area (Å²) in [6, 6.07) is 9.19. The maximum absolute atomic E-state index is 12.6. The van der Waals surface area contributed by atoms with Gasteiger partial charge in [-0.25, -0.2) is 13.4 Å². The fourth-order valence-electron chi connectivity index (χ4n) is 2.30. The Morgan fingerprint density at radius 2 is 1.93 bits per heavy atom. The first kappa shape index (κ1) is 21.7. The molecule has 2 heterocycles. The summed E-state index contributed by atoms with van der Waals surface area (Å²) < 4.78 is 33.3. The highest BCUT2D eigenvalue weighted by Crippen LogP contribution is 2.36. The van der Waals surface area contributed by atoms with Gasteiger partial charge < -0.3 is 10.5 Å². The van der Waals surface area contributed by atoms with Crippen LogP contribution in [0.25, 0.3) is 0 Å². The highest BCUT2D eigenvalue weighted by Gasteiger charge is 2.22. The highest BCUT2D eigenvalue weighted by atomic mass is 35.5. The molecule has 0 aliphatic carbocycles. The molecule has 3 N–H and O–H groups in total.